The molecule has 0 saturated heterocycles. The summed E-state index contributed by atoms with van der Waals surface area (Å²) in [4.78, 5) is 47.6. The average molecular weight is 376 g/mol. The first-order chi connectivity index (χ1) is 13.5. The van der Waals surface area contributed by atoms with Gasteiger partial charge >= 0.3 is 23.9 Å². The van der Waals surface area contributed by atoms with Crippen LogP contribution in [0.25, 0.3) is 0 Å². The minimum atomic E-state index is -0.490. The first-order valence-corrected chi connectivity index (χ1v) is 9.54. The Hall–Kier alpha value is -3.02. The Balaban J connectivity index is 1.25. The Morgan fingerprint density at radius 3 is 0.821 bits per heavy atom. The van der Waals surface area contributed by atoms with Gasteiger partial charge in [0.15, 0.2) is 0 Å². The number of carbonyl (C=O) groups excluding carboxylic acids is 4. The van der Waals surface area contributed by atoms with E-state index >= 15 is 0 Å². The molecule has 4 aliphatic carbocycles. The lowest BCUT2D eigenvalue weighted by Gasteiger charge is -2.34. The van der Waals surface area contributed by atoms with Crippen LogP contribution in [-0.4, -0.2) is 23.9 Å². The number of esters is 4. The molecule has 0 bridgehead atoms. The third-order valence-corrected chi connectivity index (χ3v) is 6.85. The zero-order valence-corrected chi connectivity index (χ0v) is 15.1. The second kappa shape index (κ2) is 5.28. The summed E-state index contributed by atoms with van der Waals surface area (Å²) in [5.74, 6) is -1.96. The molecule has 28 heavy (non-hydrogen) atoms. The van der Waals surface area contributed by atoms with Crippen molar-refractivity contribution in [2.24, 2.45) is 0 Å². The van der Waals surface area contributed by atoms with Gasteiger partial charge in [-0.2, -0.15) is 0 Å². The third-order valence-electron chi connectivity index (χ3n) is 6.85. The Bertz CT molecular complexity index is 950. The zero-order chi connectivity index (χ0) is 19.2. The van der Waals surface area contributed by atoms with Gasteiger partial charge < -0.3 is 9.47 Å². The van der Waals surface area contributed by atoms with Crippen LogP contribution >= 0.6 is 0 Å². The molecule has 6 heteroatoms. The summed E-state index contributed by atoms with van der Waals surface area (Å²) in [5.41, 5.74) is 9.79. The van der Waals surface area contributed by atoms with E-state index in [0.717, 1.165) is 25.7 Å². The van der Waals surface area contributed by atoms with Crippen molar-refractivity contribution in [3.05, 3.63) is 55.7 Å². The van der Waals surface area contributed by atoms with Crippen LogP contribution in [0.4, 0.5) is 0 Å². The van der Waals surface area contributed by atoms with Gasteiger partial charge in [0.25, 0.3) is 0 Å². The van der Waals surface area contributed by atoms with Gasteiger partial charge in [0, 0.05) is 25.7 Å². The number of ether oxygens (including phenoxy) is 2. The normalized spacial score (nSPS) is 26.3. The summed E-state index contributed by atoms with van der Waals surface area (Å²) in [6.07, 6.45) is 5.29. The Labute approximate surface area is 160 Å². The van der Waals surface area contributed by atoms with Crippen molar-refractivity contribution in [3.8, 4) is 0 Å². The van der Waals surface area contributed by atoms with Gasteiger partial charge in [-0.25, -0.2) is 19.2 Å². The highest BCUT2D eigenvalue weighted by molar-refractivity contribution is 6.14. The summed E-state index contributed by atoms with van der Waals surface area (Å²) in [7, 11) is 0. The van der Waals surface area contributed by atoms with Gasteiger partial charge in [0.2, 0.25) is 0 Å². The smallest absolute Gasteiger partial charge is 0.342 e. The molecule has 0 spiro atoms. The SMILES string of the molecule is O=C1OC(=O)C2=C1CC1=C(CC3=C(C1)CC1=C(C3)CC3=C(C1)C(=O)OC3=O)C2. The lowest BCUT2D eigenvalue weighted by molar-refractivity contribution is -0.152. The molecule has 6 aliphatic rings. The lowest BCUT2D eigenvalue weighted by atomic mass is 9.69. The third kappa shape index (κ3) is 2.08. The summed E-state index contributed by atoms with van der Waals surface area (Å²) >= 11 is 0. The largest absolute Gasteiger partial charge is 0.386 e. The van der Waals surface area contributed by atoms with Crippen LogP contribution in [0.15, 0.2) is 55.7 Å². The number of hydrogen-bond donors (Lipinski definition) is 0. The van der Waals surface area contributed by atoms with Gasteiger partial charge in [0.05, 0.1) is 22.3 Å². The molecule has 6 nitrogen and oxygen atoms in total. The molecule has 0 aromatic rings. The van der Waals surface area contributed by atoms with Gasteiger partial charge in [-0.1, -0.05) is 33.4 Å². The fourth-order valence-electron chi connectivity index (χ4n) is 5.38. The molecule has 0 aromatic heterocycles. The molecule has 6 rings (SSSR count). The van der Waals surface area contributed by atoms with E-state index in [1.54, 1.807) is 0 Å². The maximum atomic E-state index is 11.9. The summed E-state index contributed by atoms with van der Waals surface area (Å²) in [5, 5.41) is 0. The molecule has 2 heterocycles. The van der Waals surface area contributed by atoms with E-state index < -0.39 is 23.9 Å². The Kier molecular flexibility index (Phi) is 3.01. The monoisotopic (exact) mass is 376 g/mol. The minimum absolute atomic E-state index is 0.490. The van der Waals surface area contributed by atoms with Crippen molar-refractivity contribution in [1.29, 1.82) is 0 Å². The van der Waals surface area contributed by atoms with E-state index in [-0.39, 0.29) is 0 Å². The van der Waals surface area contributed by atoms with Crippen LogP contribution in [0, 0.1) is 0 Å². The topological polar surface area (TPSA) is 86.7 Å². The van der Waals surface area contributed by atoms with E-state index in [1.165, 1.54) is 33.4 Å². The molecule has 0 fully saturated rings. The van der Waals surface area contributed by atoms with Crippen molar-refractivity contribution in [2.75, 3.05) is 0 Å². The first kappa shape index (κ1) is 16.0. The van der Waals surface area contributed by atoms with Gasteiger partial charge in [0.1, 0.15) is 0 Å². The number of hydrogen-bond acceptors (Lipinski definition) is 6. The highest BCUT2D eigenvalue weighted by Crippen LogP contribution is 2.50. The highest BCUT2D eigenvalue weighted by Gasteiger charge is 2.41. The minimum Gasteiger partial charge on any atom is -0.386 e. The van der Waals surface area contributed by atoms with E-state index in [2.05, 4.69) is 0 Å². The molecule has 2 aliphatic heterocycles. The van der Waals surface area contributed by atoms with Gasteiger partial charge in [-0.3, -0.25) is 0 Å². The summed E-state index contributed by atoms with van der Waals surface area (Å²) in [6.45, 7) is 0. The van der Waals surface area contributed by atoms with Crippen LogP contribution < -0.4 is 0 Å². The van der Waals surface area contributed by atoms with E-state index in [4.69, 9.17) is 9.47 Å². The maximum absolute atomic E-state index is 11.9. The Morgan fingerprint density at radius 2 is 0.571 bits per heavy atom. The highest BCUT2D eigenvalue weighted by atomic mass is 16.6. The maximum Gasteiger partial charge on any atom is 0.342 e. The fourth-order valence-corrected chi connectivity index (χ4v) is 5.38. The molecular weight excluding hydrogens is 360 g/mol. The molecule has 0 saturated carbocycles. The summed E-state index contributed by atoms with van der Waals surface area (Å²) < 4.78 is 9.58. The zero-order valence-electron chi connectivity index (χ0n) is 15.1. The molecular formula is C22H16O6. The van der Waals surface area contributed by atoms with Crippen molar-refractivity contribution in [2.45, 2.75) is 51.4 Å². The first-order valence-electron chi connectivity index (χ1n) is 9.54. The van der Waals surface area contributed by atoms with Crippen LogP contribution in [0.1, 0.15) is 51.4 Å². The number of rotatable bonds is 0. The lowest BCUT2D eigenvalue weighted by Crippen LogP contribution is -2.19. The predicted molar refractivity (Wildman–Crippen MR) is 94.3 cm³/mol. The quantitative estimate of drug-likeness (QED) is 0.367. The second-order valence-corrected chi connectivity index (χ2v) is 8.30. The van der Waals surface area contributed by atoms with Crippen molar-refractivity contribution in [3.63, 3.8) is 0 Å². The molecule has 0 N–H and O–H groups in total. The molecule has 0 amide bonds. The van der Waals surface area contributed by atoms with Gasteiger partial charge in [-0.15, -0.1) is 0 Å². The van der Waals surface area contributed by atoms with Crippen LogP contribution in [0.3, 0.4) is 0 Å². The van der Waals surface area contributed by atoms with E-state index in [0.29, 0.717) is 48.0 Å². The molecule has 0 unspecified atom stereocenters. The van der Waals surface area contributed by atoms with Crippen LogP contribution in [0.5, 0.6) is 0 Å². The second-order valence-electron chi connectivity index (χ2n) is 8.30. The Morgan fingerprint density at radius 1 is 0.357 bits per heavy atom. The molecule has 0 aromatic carbocycles. The summed E-state index contributed by atoms with van der Waals surface area (Å²) in [6, 6.07) is 0. The van der Waals surface area contributed by atoms with Crippen molar-refractivity contribution < 1.29 is 28.7 Å². The van der Waals surface area contributed by atoms with E-state index in [1.807, 2.05) is 0 Å². The fraction of sp³-hybridized carbons (Fsp3) is 0.364. The van der Waals surface area contributed by atoms with Crippen LogP contribution in [0.2, 0.25) is 0 Å². The standard InChI is InChI=1S/C22H16O6/c23-19-15-5-11-1-9-2-13-7-17-18(22(26)28-21(17)25)8-14(13)4-10(9)3-12(11)6-16(15)20(24)27-19/h1-8H2. The molecule has 0 radical (unpaired) electrons. The number of carbonyl (C=O) groups is 4. The predicted octanol–water partition coefficient (Wildman–Crippen LogP) is 2.81. The average Bonchev–Trinajstić information content (AvgIpc) is 3.10. The van der Waals surface area contributed by atoms with Crippen molar-refractivity contribution >= 4 is 23.9 Å². The number of cyclic esters (lactones) is 4. The van der Waals surface area contributed by atoms with Crippen LogP contribution in [-0.2, 0) is 28.7 Å². The number of allylic oxidation sites excluding steroid dienone is 6. The van der Waals surface area contributed by atoms with E-state index in [9.17, 15) is 19.2 Å². The van der Waals surface area contributed by atoms with Crippen molar-refractivity contribution in [1.82, 2.24) is 0 Å². The molecule has 0 atom stereocenters. The van der Waals surface area contributed by atoms with Gasteiger partial charge in [-0.05, 0) is 25.7 Å². The molecule has 140 valence electrons.